The van der Waals surface area contributed by atoms with Gasteiger partial charge in [0.2, 0.25) is 5.91 Å². The lowest BCUT2D eigenvalue weighted by atomic mass is 10.0. The van der Waals surface area contributed by atoms with Crippen LogP contribution in [0, 0.1) is 0 Å². The highest BCUT2D eigenvalue weighted by atomic mass is 35.5. The van der Waals surface area contributed by atoms with Gasteiger partial charge in [-0.15, -0.1) is 0 Å². The fourth-order valence-corrected chi connectivity index (χ4v) is 4.09. The predicted molar refractivity (Wildman–Crippen MR) is 120 cm³/mol. The van der Waals surface area contributed by atoms with Crippen molar-refractivity contribution in [1.82, 2.24) is 5.32 Å². The summed E-state index contributed by atoms with van der Waals surface area (Å²) in [5, 5.41) is 6.32. The first-order chi connectivity index (χ1) is 14.6. The van der Waals surface area contributed by atoms with Crippen LogP contribution in [0.2, 0.25) is 5.02 Å². The third-order valence-corrected chi connectivity index (χ3v) is 5.73. The number of hydrogen-bond acceptors (Lipinski definition) is 2. The molecule has 0 fully saturated rings. The lowest BCUT2D eigenvalue weighted by Crippen LogP contribution is -2.31. The smallest absolute Gasteiger partial charge is 0.253 e. The number of amides is 2. The average Bonchev–Trinajstić information content (AvgIpc) is 3.22. The SMILES string of the molecule is O=C(CC(NC(=O)c1ccccc1Cl)c1ccccc1)Nc1ccc2c(c1)CCC2. The molecule has 0 spiro atoms. The standard InChI is InChI=1S/C25H23ClN2O2/c26-22-12-5-4-11-21(22)25(30)28-23(18-7-2-1-3-8-18)16-24(29)27-20-14-13-17-9-6-10-19(17)15-20/h1-5,7-8,11-15,23H,6,9-10,16H2,(H,27,29)(H,28,30). The summed E-state index contributed by atoms with van der Waals surface area (Å²) in [5.74, 6) is -0.457. The van der Waals surface area contributed by atoms with E-state index in [4.69, 9.17) is 11.6 Å². The minimum Gasteiger partial charge on any atom is -0.345 e. The molecule has 3 aromatic carbocycles. The van der Waals surface area contributed by atoms with Gasteiger partial charge in [-0.2, -0.15) is 0 Å². The lowest BCUT2D eigenvalue weighted by molar-refractivity contribution is -0.116. The van der Waals surface area contributed by atoms with Crippen LogP contribution >= 0.6 is 11.6 Å². The van der Waals surface area contributed by atoms with E-state index in [0.29, 0.717) is 10.6 Å². The number of nitrogens with one attached hydrogen (secondary N) is 2. The average molecular weight is 419 g/mol. The monoisotopic (exact) mass is 418 g/mol. The summed E-state index contributed by atoms with van der Waals surface area (Å²) >= 11 is 6.17. The fraction of sp³-hybridized carbons (Fsp3) is 0.200. The molecule has 0 aliphatic heterocycles. The Kier molecular flexibility index (Phi) is 6.15. The molecule has 4 nitrogen and oxygen atoms in total. The van der Waals surface area contributed by atoms with Crippen LogP contribution in [0.1, 0.15) is 45.9 Å². The summed E-state index contributed by atoms with van der Waals surface area (Å²) in [5.41, 5.74) is 4.72. The lowest BCUT2D eigenvalue weighted by Gasteiger charge is -2.19. The first-order valence-corrected chi connectivity index (χ1v) is 10.5. The molecule has 2 N–H and O–H groups in total. The number of rotatable bonds is 6. The minimum absolute atomic E-state index is 0.122. The highest BCUT2D eigenvalue weighted by Gasteiger charge is 2.21. The molecule has 1 atom stereocenters. The van der Waals surface area contributed by atoms with Crippen molar-refractivity contribution < 1.29 is 9.59 Å². The van der Waals surface area contributed by atoms with E-state index in [1.807, 2.05) is 36.4 Å². The van der Waals surface area contributed by atoms with Gasteiger partial charge in [0.25, 0.3) is 5.91 Å². The molecule has 4 rings (SSSR count). The summed E-state index contributed by atoms with van der Waals surface area (Å²) in [6.07, 6.45) is 3.45. The number of fused-ring (bicyclic) bond motifs is 1. The Morgan fingerprint density at radius 1 is 0.900 bits per heavy atom. The maximum atomic E-state index is 12.8. The third-order valence-electron chi connectivity index (χ3n) is 5.40. The van der Waals surface area contributed by atoms with Gasteiger partial charge in [0, 0.05) is 5.69 Å². The van der Waals surface area contributed by atoms with Crippen LogP contribution < -0.4 is 10.6 Å². The van der Waals surface area contributed by atoms with Gasteiger partial charge in [-0.05, 0) is 60.2 Å². The number of halogens is 1. The molecular weight excluding hydrogens is 396 g/mol. The van der Waals surface area contributed by atoms with Gasteiger partial charge in [0.05, 0.1) is 23.0 Å². The van der Waals surface area contributed by atoms with Crippen LogP contribution in [-0.4, -0.2) is 11.8 Å². The van der Waals surface area contributed by atoms with E-state index < -0.39 is 6.04 Å². The molecule has 0 heterocycles. The summed E-state index contributed by atoms with van der Waals surface area (Å²) in [6, 6.07) is 22.0. The van der Waals surface area contributed by atoms with Gasteiger partial charge < -0.3 is 10.6 Å². The van der Waals surface area contributed by atoms with Gasteiger partial charge in [-0.25, -0.2) is 0 Å². The van der Waals surface area contributed by atoms with E-state index in [9.17, 15) is 9.59 Å². The van der Waals surface area contributed by atoms with E-state index in [0.717, 1.165) is 30.5 Å². The van der Waals surface area contributed by atoms with E-state index >= 15 is 0 Å². The van der Waals surface area contributed by atoms with Crippen molar-refractivity contribution in [2.24, 2.45) is 0 Å². The molecule has 30 heavy (non-hydrogen) atoms. The second-order valence-electron chi connectivity index (χ2n) is 7.51. The molecule has 0 bridgehead atoms. The number of carbonyl (C=O) groups excluding carboxylic acids is 2. The largest absolute Gasteiger partial charge is 0.345 e. The van der Waals surface area contributed by atoms with Crippen LogP contribution in [0.25, 0.3) is 0 Å². The van der Waals surface area contributed by atoms with E-state index in [1.54, 1.807) is 24.3 Å². The van der Waals surface area contributed by atoms with Crippen LogP contribution in [0.4, 0.5) is 5.69 Å². The number of carbonyl (C=O) groups is 2. The Morgan fingerprint density at radius 3 is 2.43 bits per heavy atom. The molecule has 1 unspecified atom stereocenters. The Bertz CT molecular complexity index is 1070. The maximum Gasteiger partial charge on any atom is 0.253 e. The van der Waals surface area contributed by atoms with Gasteiger partial charge in [-0.3, -0.25) is 9.59 Å². The van der Waals surface area contributed by atoms with Crippen molar-refractivity contribution in [3.05, 3.63) is 100 Å². The van der Waals surface area contributed by atoms with Crippen molar-refractivity contribution in [3.8, 4) is 0 Å². The molecule has 2 amide bonds. The van der Waals surface area contributed by atoms with Gasteiger partial charge in [-0.1, -0.05) is 60.1 Å². The molecule has 0 saturated heterocycles. The van der Waals surface area contributed by atoms with E-state index in [1.165, 1.54) is 11.1 Å². The molecule has 0 radical (unpaired) electrons. The van der Waals surface area contributed by atoms with Crippen molar-refractivity contribution in [2.45, 2.75) is 31.7 Å². The quantitative estimate of drug-likeness (QED) is 0.568. The summed E-state index contributed by atoms with van der Waals surface area (Å²) in [4.78, 5) is 25.6. The van der Waals surface area contributed by atoms with E-state index in [2.05, 4.69) is 22.8 Å². The Labute approximate surface area is 181 Å². The van der Waals surface area contributed by atoms with Crippen molar-refractivity contribution in [1.29, 1.82) is 0 Å². The molecule has 1 aliphatic rings. The van der Waals surface area contributed by atoms with Crippen LogP contribution in [-0.2, 0) is 17.6 Å². The maximum absolute atomic E-state index is 12.8. The van der Waals surface area contributed by atoms with Gasteiger partial charge in [0.1, 0.15) is 0 Å². The summed E-state index contributed by atoms with van der Waals surface area (Å²) in [6.45, 7) is 0. The fourth-order valence-electron chi connectivity index (χ4n) is 3.87. The molecule has 1 aliphatic carbocycles. The Hall–Kier alpha value is -3.11. The van der Waals surface area contributed by atoms with Crippen molar-refractivity contribution in [2.75, 3.05) is 5.32 Å². The zero-order valence-corrected chi connectivity index (χ0v) is 17.3. The predicted octanol–water partition coefficient (Wildman–Crippen LogP) is 5.33. The molecule has 0 saturated carbocycles. The highest BCUT2D eigenvalue weighted by molar-refractivity contribution is 6.33. The number of anilines is 1. The topological polar surface area (TPSA) is 58.2 Å². The molecular formula is C25H23ClN2O2. The molecule has 0 aromatic heterocycles. The molecule has 152 valence electrons. The van der Waals surface area contributed by atoms with Crippen LogP contribution in [0.15, 0.2) is 72.8 Å². The number of benzene rings is 3. The second kappa shape index (κ2) is 9.14. The number of aryl methyl sites for hydroxylation is 2. The van der Waals surface area contributed by atoms with Crippen molar-refractivity contribution >= 4 is 29.1 Å². The first-order valence-electron chi connectivity index (χ1n) is 10.1. The summed E-state index contributed by atoms with van der Waals surface area (Å²) < 4.78 is 0. The Morgan fingerprint density at radius 2 is 1.63 bits per heavy atom. The molecule has 3 aromatic rings. The van der Waals surface area contributed by atoms with Crippen LogP contribution in [0.3, 0.4) is 0 Å². The van der Waals surface area contributed by atoms with Crippen molar-refractivity contribution in [3.63, 3.8) is 0 Å². The van der Waals surface area contributed by atoms with Gasteiger partial charge >= 0.3 is 0 Å². The third kappa shape index (κ3) is 4.71. The normalized spacial score (nSPS) is 13.4. The zero-order valence-electron chi connectivity index (χ0n) is 16.5. The summed E-state index contributed by atoms with van der Waals surface area (Å²) in [7, 11) is 0. The minimum atomic E-state index is -0.468. The van der Waals surface area contributed by atoms with Crippen LogP contribution in [0.5, 0.6) is 0 Å². The second-order valence-corrected chi connectivity index (χ2v) is 7.91. The highest BCUT2D eigenvalue weighted by Crippen LogP contribution is 2.26. The van der Waals surface area contributed by atoms with E-state index in [-0.39, 0.29) is 18.2 Å². The Balaban J connectivity index is 1.49. The van der Waals surface area contributed by atoms with Gasteiger partial charge in [0.15, 0.2) is 0 Å². The number of hydrogen-bond donors (Lipinski definition) is 2. The molecule has 5 heteroatoms. The first kappa shape index (κ1) is 20.2. The zero-order chi connectivity index (χ0) is 20.9.